The van der Waals surface area contributed by atoms with Gasteiger partial charge in [0.05, 0.1) is 22.3 Å². The molecule has 3 aromatic rings. The lowest BCUT2D eigenvalue weighted by Crippen LogP contribution is -2.26. The highest BCUT2D eigenvalue weighted by Crippen LogP contribution is 2.21. The Balaban J connectivity index is 2.06. The molecule has 1 N–H and O–H groups in total. The molecule has 0 saturated heterocycles. The van der Waals surface area contributed by atoms with Gasteiger partial charge in [0.25, 0.3) is 5.56 Å². The summed E-state index contributed by atoms with van der Waals surface area (Å²) >= 11 is 1.15. The summed E-state index contributed by atoms with van der Waals surface area (Å²) in [7, 11) is 0. The normalized spacial score (nSPS) is 10.7. The van der Waals surface area contributed by atoms with E-state index in [0.717, 1.165) is 11.8 Å². The van der Waals surface area contributed by atoms with Gasteiger partial charge in [0.1, 0.15) is 5.82 Å². The number of hydrogen-bond acceptors (Lipinski definition) is 4. The monoisotopic (exact) mass is 369 g/mol. The predicted molar refractivity (Wildman–Crippen MR) is 101 cm³/mol. The Morgan fingerprint density at radius 2 is 1.96 bits per heavy atom. The van der Waals surface area contributed by atoms with E-state index in [1.807, 2.05) is 0 Å². The van der Waals surface area contributed by atoms with Gasteiger partial charge in [-0.1, -0.05) is 30.0 Å². The predicted octanol–water partition coefficient (Wildman–Crippen LogP) is 2.92. The number of aromatic nitrogens is 2. The molecule has 5 nitrogen and oxygen atoms in total. The Bertz CT molecular complexity index is 1020. The number of carbonyl (C=O) groups is 1. The first-order chi connectivity index (χ1) is 12.6. The smallest absolute Gasteiger partial charge is 0.266 e. The molecule has 1 aromatic heterocycles. The van der Waals surface area contributed by atoms with E-state index in [-0.39, 0.29) is 17.2 Å². The number of rotatable bonds is 6. The van der Waals surface area contributed by atoms with E-state index < -0.39 is 5.82 Å². The van der Waals surface area contributed by atoms with Crippen LogP contribution >= 0.6 is 11.8 Å². The average molecular weight is 369 g/mol. The van der Waals surface area contributed by atoms with Crippen molar-refractivity contribution in [3.05, 3.63) is 77.4 Å². The molecule has 0 unspecified atom stereocenters. The van der Waals surface area contributed by atoms with Crippen molar-refractivity contribution in [1.82, 2.24) is 14.9 Å². The van der Waals surface area contributed by atoms with Gasteiger partial charge in [-0.3, -0.25) is 14.2 Å². The highest BCUT2D eigenvalue weighted by atomic mass is 32.2. The van der Waals surface area contributed by atoms with E-state index >= 15 is 0 Å². The van der Waals surface area contributed by atoms with Crippen LogP contribution in [0.3, 0.4) is 0 Å². The van der Waals surface area contributed by atoms with Gasteiger partial charge in [0, 0.05) is 6.54 Å². The quantitative estimate of drug-likeness (QED) is 0.412. The number of hydrogen-bond donors (Lipinski definition) is 1. The Morgan fingerprint density at radius 3 is 2.69 bits per heavy atom. The van der Waals surface area contributed by atoms with Crippen LogP contribution in [0.1, 0.15) is 0 Å². The van der Waals surface area contributed by atoms with Crippen LogP contribution in [0.15, 0.2) is 71.1 Å². The minimum atomic E-state index is -0.395. The van der Waals surface area contributed by atoms with Crippen LogP contribution in [0, 0.1) is 5.82 Å². The Morgan fingerprint density at radius 1 is 1.23 bits per heavy atom. The van der Waals surface area contributed by atoms with Crippen molar-refractivity contribution in [3.63, 3.8) is 0 Å². The third-order valence-corrected chi connectivity index (χ3v) is 4.54. The van der Waals surface area contributed by atoms with Gasteiger partial charge >= 0.3 is 0 Å². The number of carbonyl (C=O) groups excluding carboxylic acids is 1. The van der Waals surface area contributed by atoms with Gasteiger partial charge in [-0.05, 0) is 36.4 Å². The summed E-state index contributed by atoms with van der Waals surface area (Å²) in [6.07, 6.45) is 1.59. The number of halogens is 1. The molecular formula is C19H16FN3O2S. The highest BCUT2D eigenvalue weighted by molar-refractivity contribution is 7.99. The fourth-order valence-electron chi connectivity index (χ4n) is 2.39. The van der Waals surface area contributed by atoms with Crippen molar-refractivity contribution < 1.29 is 9.18 Å². The molecule has 0 spiro atoms. The molecule has 3 rings (SSSR count). The summed E-state index contributed by atoms with van der Waals surface area (Å²) in [5.74, 6) is -0.490. The van der Waals surface area contributed by atoms with E-state index in [9.17, 15) is 14.0 Å². The molecule has 7 heteroatoms. The van der Waals surface area contributed by atoms with Crippen molar-refractivity contribution in [2.45, 2.75) is 5.16 Å². The summed E-state index contributed by atoms with van der Waals surface area (Å²) in [6.45, 7) is 3.92. The average Bonchev–Trinajstić information content (AvgIpc) is 2.66. The fraction of sp³-hybridized carbons (Fsp3) is 0.105. The summed E-state index contributed by atoms with van der Waals surface area (Å²) in [5, 5.41) is 3.50. The van der Waals surface area contributed by atoms with Crippen LogP contribution in [-0.2, 0) is 4.79 Å². The first-order valence-corrected chi connectivity index (χ1v) is 8.87. The minimum Gasteiger partial charge on any atom is -0.352 e. The molecule has 1 amide bonds. The van der Waals surface area contributed by atoms with Crippen molar-refractivity contribution in [2.75, 3.05) is 12.3 Å². The zero-order valence-corrected chi connectivity index (χ0v) is 14.6. The second-order valence-corrected chi connectivity index (χ2v) is 6.35. The van der Waals surface area contributed by atoms with Gasteiger partial charge in [0.15, 0.2) is 5.16 Å². The second kappa shape index (κ2) is 7.97. The molecule has 0 aliphatic rings. The zero-order chi connectivity index (χ0) is 18.5. The van der Waals surface area contributed by atoms with Gasteiger partial charge < -0.3 is 5.32 Å². The summed E-state index contributed by atoms with van der Waals surface area (Å²) in [6, 6.07) is 12.6. The summed E-state index contributed by atoms with van der Waals surface area (Å²) < 4.78 is 14.7. The fourth-order valence-corrected chi connectivity index (χ4v) is 3.24. The maximum Gasteiger partial charge on any atom is 0.266 e. The largest absolute Gasteiger partial charge is 0.352 e. The molecule has 0 aliphatic carbocycles. The first kappa shape index (κ1) is 17.9. The van der Waals surface area contributed by atoms with Crippen LogP contribution < -0.4 is 10.9 Å². The Kier molecular flexibility index (Phi) is 5.48. The maximum absolute atomic E-state index is 13.3. The van der Waals surface area contributed by atoms with E-state index in [4.69, 9.17) is 0 Å². The van der Waals surface area contributed by atoms with Crippen molar-refractivity contribution in [3.8, 4) is 5.69 Å². The maximum atomic E-state index is 13.3. The van der Waals surface area contributed by atoms with Gasteiger partial charge in [-0.2, -0.15) is 0 Å². The molecule has 0 fully saturated rings. The van der Waals surface area contributed by atoms with Crippen molar-refractivity contribution in [1.29, 1.82) is 0 Å². The summed E-state index contributed by atoms with van der Waals surface area (Å²) in [4.78, 5) is 29.3. The zero-order valence-electron chi connectivity index (χ0n) is 13.8. The van der Waals surface area contributed by atoms with Crippen molar-refractivity contribution >= 4 is 28.6 Å². The van der Waals surface area contributed by atoms with Crippen LogP contribution in [0.5, 0.6) is 0 Å². The minimum absolute atomic E-state index is 0.0970. The Labute approximate surface area is 153 Å². The number of nitrogens with one attached hydrogen (secondary N) is 1. The molecule has 26 heavy (non-hydrogen) atoms. The van der Waals surface area contributed by atoms with Crippen LogP contribution in [0.25, 0.3) is 16.6 Å². The molecule has 0 saturated carbocycles. The molecule has 0 radical (unpaired) electrons. The highest BCUT2D eigenvalue weighted by Gasteiger charge is 2.14. The molecule has 1 heterocycles. The molecule has 0 atom stereocenters. The molecule has 2 aromatic carbocycles. The topological polar surface area (TPSA) is 64.0 Å². The van der Waals surface area contributed by atoms with E-state index in [1.165, 1.54) is 28.8 Å². The van der Waals surface area contributed by atoms with Crippen LogP contribution in [-0.4, -0.2) is 27.8 Å². The molecular weight excluding hydrogens is 353 g/mol. The van der Waals surface area contributed by atoms with Crippen molar-refractivity contribution in [2.24, 2.45) is 0 Å². The lowest BCUT2D eigenvalue weighted by atomic mass is 10.2. The second-order valence-electron chi connectivity index (χ2n) is 5.41. The van der Waals surface area contributed by atoms with E-state index in [0.29, 0.717) is 28.3 Å². The third-order valence-electron chi connectivity index (χ3n) is 3.61. The molecule has 0 aliphatic heterocycles. The number of fused-ring (bicyclic) bond motifs is 1. The van der Waals surface area contributed by atoms with E-state index in [2.05, 4.69) is 16.9 Å². The standard InChI is InChI=1S/C19H16FN3O2S/c1-2-11-21-17(24)12-26-19-22-16-6-4-3-5-15(16)18(25)23(19)14-9-7-13(20)8-10-14/h2-10H,1,11-12H2,(H,21,24). The van der Waals surface area contributed by atoms with Gasteiger partial charge in [0.2, 0.25) is 5.91 Å². The lowest BCUT2D eigenvalue weighted by Gasteiger charge is -2.13. The number of amides is 1. The summed E-state index contributed by atoms with van der Waals surface area (Å²) in [5.41, 5.74) is 0.768. The van der Waals surface area contributed by atoms with E-state index in [1.54, 1.807) is 30.3 Å². The van der Waals surface area contributed by atoms with Crippen LogP contribution in [0.4, 0.5) is 4.39 Å². The molecule has 0 bridgehead atoms. The number of nitrogens with zero attached hydrogens (tertiary/aromatic N) is 2. The number of thioether (sulfide) groups is 1. The SMILES string of the molecule is C=CCNC(=O)CSc1nc2ccccc2c(=O)n1-c1ccc(F)cc1. The first-order valence-electron chi connectivity index (χ1n) is 7.88. The lowest BCUT2D eigenvalue weighted by molar-refractivity contribution is -0.118. The van der Waals surface area contributed by atoms with Crippen LogP contribution in [0.2, 0.25) is 0 Å². The Hall–Kier alpha value is -2.93. The number of benzene rings is 2. The number of para-hydroxylation sites is 1. The van der Waals surface area contributed by atoms with Gasteiger partial charge in [-0.15, -0.1) is 6.58 Å². The van der Waals surface area contributed by atoms with Gasteiger partial charge in [-0.25, -0.2) is 9.37 Å². The molecule has 132 valence electrons. The third kappa shape index (κ3) is 3.83.